The predicted octanol–water partition coefficient (Wildman–Crippen LogP) is 0.402. The highest BCUT2D eigenvalue weighted by Gasteiger charge is 2.20. The van der Waals surface area contributed by atoms with Gasteiger partial charge in [-0.1, -0.05) is 0 Å². The van der Waals surface area contributed by atoms with Crippen molar-refractivity contribution in [2.75, 3.05) is 0 Å². The maximum atomic E-state index is 12.4. The number of aliphatic carboxylic acids is 1. The number of carboxylic acids is 2. The second-order valence-corrected chi connectivity index (χ2v) is 8.62. The van der Waals surface area contributed by atoms with Gasteiger partial charge in [0.25, 0.3) is 5.91 Å². The van der Waals surface area contributed by atoms with E-state index in [1.807, 2.05) is 0 Å². The highest BCUT2D eigenvalue weighted by atomic mass is 32.2. The number of benzene rings is 1. The average molecular weight is 456 g/mol. The Balaban J connectivity index is 2.07. The molecule has 0 aliphatic carbocycles. The number of phenols is 1. The van der Waals surface area contributed by atoms with Crippen molar-refractivity contribution in [3.8, 4) is 5.75 Å². The fourth-order valence-corrected chi connectivity index (χ4v) is 4.12. The molecule has 1 aromatic heterocycles. The van der Waals surface area contributed by atoms with Gasteiger partial charge < -0.3 is 25.4 Å². The van der Waals surface area contributed by atoms with Crippen LogP contribution >= 0.6 is 11.3 Å². The van der Waals surface area contributed by atoms with Crippen molar-refractivity contribution in [1.29, 1.82) is 0 Å². The standard InChI is InChI=1S/C17H16N2O9S2/c20-7-10(4-15(22)23)19-16(24)14-3-9(8-29-14)6-18-30(27,28)11-1-2-13(21)12(5-11)17(25)26/h1-3,5,7-8,10,18,21H,4,6H2,(H,19,24)(H,22,23)(H,25,26)/t10-/m0/s1. The number of carbonyl (C=O) groups excluding carboxylic acids is 2. The SMILES string of the molecule is O=C[C@H](CC(=O)O)NC(=O)c1cc(CNS(=O)(=O)c2ccc(O)c(C(=O)O)c2)cs1. The van der Waals surface area contributed by atoms with Crippen molar-refractivity contribution >= 4 is 45.5 Å². The van der Waals surface area contributed by atoms with E-state index in [0.29, 0.717) is 11.8 Å². The molecule has 0 spiro atoms. The van der Waals surface area contributed by atoms with E-state index in [2.05, 4.69) is 10.0 Å². The van der Waals surface area contributed by atoms with Crippen molar-refractivity contribution in [1.82, 2.24) is 10.0 Å². The smallest absolute Gasteiger partial charge is 0.339 e. The van der Waals surface area contributed by atoms with Gasteiger partial charge in [-0.25, -0.2) is 17.9 Å². The molecule has 1 aromatic carbocycles. The van der Waals surface area contributed by atoms with Crippen LogP contribution in [0.3, 0.4) is 0 Å². The quantitative estimate of drug-likeness (QED) is 0.315. The number of aromatic carboxylic acids is 1. The van der Waals surface area contributed by atoms with Crippen LogP contribution in [0.4, 0.5) is 0 Å². The molecule has 30 heavy (non-hydrogen) atoms. The first kappa shape index (κ1) is 23.0. The second kappa shape index (κ2) is 9.47. The summed E-state index contributed by atoms with van der Waals surface area (Å²) in [4.78, 5) is 44.4. The minimum atomic E-state index is -4.11. The molecule has 11 nitrogen and oxygen atoms in total. The number of hydrogen-bond acceptors (Lipinski definition) is 8. The van der Waals surface area contributed by atoms with Crippen LogP contribution in [-0.2, 0) is 26.2 Å². The molecular formula is C17H16N2O9S2. The molecule has 2 rings (SSSR count). The van der Waals surface area contributed by atoms with E-state index >= 15 is 0 Å². The van der Waals surface area contributed by atoms with E-state index in [9.17, 15) is 32.7 Å². The average Bonchev–Trinajstić information content (AvgIpc) is 3.14. The molecule has 0 aliphatic heterocycles. The fourth-order valence-electron chi connectivity index (χ4n) is 2.26. The van der Waals surface area contributed by atoms with Gasteiger partial charge in [-0.2, -0.15) is 0 Å². The molecule has 0 saturated carbocycles. The Hall–Kier alpha value is -3.29. The van der Waals surface area contributed by atoms with Crippen molar-refractivity contribution in [3.05, 3.63) is 45.6 Å². The molecule has 13 heteroatoms. The maximum absolute atomic E-state index is 12.4. The summed E-state index contributed by atoms with van der Waals surface area (Å²) in [7, 11) is -4.11. The molecule has 0 radical (unpaired) electrons. The van der Waals surface area contributed by atoms with Crippen molar-refractivity contribution < 1.29 is 42.9 Å². The zero-order valence-corrected chi connectivity index (χ0v) is 16.7. The van der Waals surface area contributed by atoms with E-state index in [-0.39, 0.29) is 16.3 Å². The van der Waals surface area contributed by atoms with Gasteiger partial charge in [-0.3, -0.25) is 9.59 Å². The molecule has 1 amide bonds. The number of rotatable bonds is 10. The van der Waals surface area contributed by atoms with Gasteiger partial charge in [0.15, 0.2) is 0 Å². The van der Waals surface area contributed by atoms with Crippen molar-refractivity contribution in [2.24, 2.45) is 0 Å². The molecule has 0 saturated heterocycles. The summed E-state index contributed by atoms with van der Waals surface area (Å²) >= 11 is 0.963. The number of aromatic hydroxyl groups is 1. The van der Waals surface area contributed by atoms with Crippen LogP contribution in [0.1, 0.15) is 32.0 Å². The zero-order chi connectivity index (χ0) is 22.5. The molecular weight excluding hydrogens is 440 g/mol. The summed E-state index contributed by atoms with van der Waals surface area (Å²) in [5.74, 6) is -4.01. The Morgan fingerprint density at radius 1 is 1.17 bits per heavy atom. The van der Waals surface area contributed by atoms with Crippen LogP contribution in [0, 0.1) is 0 Å². The maximum Gasteiger partial charge on any atom is 0.339 e. The summed E-state index contributed by atoms with van der Waals surface area (Å²) in [5.41, 5.74) is -0.162. The summed E-state index contributed by atoms with van der Waals surface area (Å²) in [6.07, 6.45) is -0.268. The molecule has 2 aromatic rings. The van der Waals surface area contributed by atoms with Gasteiger partial charge in [-0.05, 0) is 35.2 Å². The van der Waals surface area contributed by atoms with Crippen LogP contribution in [0.25, 0.3) is 0 Å². The second-order valence-electron chi connectivity index (χ2n) is 5.94. The van der Waals surface area contributed by atoms with Gasteiger partial charge in [0.2, 0.25) is 10.0 Å². The molecule has 0 fully saturated rings. The summed E-state index contributed by atoms with van der Waals surface area (Å²) in [6, 6.07) is 2.97. The normalized spacial score (nSPS) is 12.1. The van der Waals surface area contributed by atoms with Crippen LogP contribution in [-0.4, -0.2) is 53.9 Å². The summed E-state index contributed by atoms with van der Waals surface area (Å²) in [5, 5.41) is 30.9. The van der Waals surface area contributed by atoms with E-state index in [1.54, 1.807) is 0 Å². The first-order valence-corrected chi connectivity index (χ1v) is 10.5. The lowest BCUT2D eigenvalue weighted by atomic mass is 10.2. The fraction of sp³-hybridized carbons (Fsp3) is 0.176. The molecule has 0 unspecified atom stereocenters. The minimum Gasteiger partial charge on any atom is -0.507 e. The Morgan fingerprint density at radius 3 is 2.47 bits per heavy atom. The molecule has 1 heterocycles. The lowest BCUT2D eigenvalue weighted by Crippen LogP contribution is -2.37. The van der Waals surface area contributed by atoms with Crippen LogP contribution < -0.4 is 10.0 Å². The molecule has 0 bridgehead atoms. The Bertz CT molecular complexity index is 1090. The number of nitrogens with one attached hydrogen (secondary N) is 2. The van der Waals surface area contributed by atoms with Crippen molar-refractivity contribution in [3.63, 3.8) is 0 Å². The molecule has 1 atom stereocenters. The summed E-state index contributed by atoms with van der Waals surface area (Å²) in [6.45, 7) is -0.221. The molecule has 160 valence electrons. The first-order chi connectivity index (χ1) is 14.0. The number of carboxylic acid groups (broad SMARTS) is 2. The number of carbonyl (C=O) groups is 4. The summed E-state index contributed by atoms with van der Waals surface area (Å²) < 4.78 is 27.0. The lowest BCUT2D eigenvalue weighted by molar-refractivity contribution is -0.138. The van der Waals surface area contributed by atoms with Gasteiger partial charge in [0.05, 0.1) is 22.2 Å². The lowest BCUT2D eigenvalue weighted by Gasteiger charge is -2.09. The highest BCUT2D eigenvalue weighted by Crippen LogP contribution is 2.22. The molecule has 0 aliphatic rings. The van der Waals surface area contributed by atoms with Crippen LogP contribution in [0.15, 0.2) is 34.5 Å². The van der Waals surface area contributed by atoms with E-state index in [4.69, 9.17) is 10.2 Å². The first-order valence-electron chi connectivity index (χ1n) is 8.15. The Morgan fingerprint density at radius 2 is 1.87 bits per heavy atom. The van der Waals surface area contributed by atoms with Gasteiger partial charge in [0, 0.05) is 6.54 Å². The zero-order valence-electron chi connectivity index (χ0n) is 15.1. The predicted molar refractivity (Wildman–Crippen MR) is 103 cm³/mol. The largest absolute Gasteiger partial charge is 0.507 e. The topological polar surface area (TPSA) is 187 Å². The van der Waals surface area contributed by atoms with E-state index in [1.165, 1.54) is 11.4 Å². The number of hydrogen-bond donors (Lipinski definition) is 5. The third-order valence-electron chi connectivity index (χ3n) is 3.73. The highest BCUT2D eigenvalue weighted by molar-refractivity contribution is 7.89. The van der Waals surface area contributed by atoms with Gasteiger partial charge >= 0.3 is 11.9 Å². The minimum absolute atomic E-state index is 0.138. The van der Waals surface area contributed by atoms with Gasteiger partial charge in [0.1, 0.15) is 17.6 Å². The Labute approximate surface area is 174 Å². The number of sulfonamides is 1. The Kier molecular flexibility index (Phi) is 7.26. The van der Waals surface area contributed by atoms with E-state index in [0.717, 1.165) is 29.5 Å². The van der Waals surface area contributed by atoms with Crippen LogP contribution in [0.5, 0.6) is 5.75 Å². The third kappa shape index (κ3) is 5.85. The number of aldehydes is 1. The monoisotopic (exact) mass is 456 g/mol. The number of thiophene rings is 1. The van der Waals surface area contributed by atoms with Crippen LogP contribution in [0.2, 0.25) is 0 Å². The van der Waals surface area contributed by atoms with E-state index < -0.39 is 51.6 Å². The number of amides is 1. The molecule has 5 N–H and O–H groups in total. The van der Waals surface area contributed by atoms with Crippen molar-refractivity contribution in [2.45, 2.75) is 23.9 Å². The third-order valence-corrected chi connectivity index (χ3v) is 6.10. The van der Waals surface area contributed by atoms with Gasteiger partial charge in [-0.15, -0.1) is 11.3 Å².